The second kappa shape index (κ2) is 9.54. The Labute approximate surface area is 176 Å². The van der Waals surface area contributed by atoms with Gasteiger partial charge in [-0.15, -0.1) is 0 Å². The second-order valence-electron chi connectivity index (χ2n) is 7.40. The number of carbonyl (C=O) groups excluding carboxylic acids is 2. The fraction of sp³-hybridized carbons (Fsp3) is 0.348. The SMILES string of the molecule is COCCC(=O)N(C)c1cccc(-c2c[nH]c3ncc(CC(=O)OC(C)C)cc23)c1. The number of H-pyrrole nitrogens is 1. The Bertz CT molecular complexity index is 1040. The molecule has 0 radical (unpaired) electrons. The number of esters is 1. The maximum atomic E-state index is 12.3. The van der Waals surface area contributed by atoms with Crippen molar-refractivity contribution in [1.82, 2.24) is 9.97 Å². The van der Waals surface area contributed by atoms with Crippen LogP contribution in [-0.2, 0) is 25.5 Å². The number of carbonyl (C=O) groups is 2. The number of benzene rings is 1. The van der Waals surface area contributed by atoms with E-state index in [9.17, 15) is 9.59 Å². The first-order valence-corrected chi connectivity index (χ1v) is 9.90. The monoisotopic (exact) mass is 409 g/mol. The van der Waals surface area contributed by atoms with Crippen LogP contribution in [0.2, 0.25) is 0 Å². The van der Waals surface area contributed by atoms with Crippen molar-refractivity contribution >= 4 is 28.6 Å². The summed E-state index contributed by atoms with van der Waals surface area (Å²) < 4.78 is 10.2. The number of ether oxygens (including phenoxy) is 2. The minimum absolute atomic E-state index is 0.0134. The lowest BCUT2D eigenvalue weighted by molar-refractivity contribution is -0.146. The molecule has 30 heavy (non-hydrogen) atoms. The Kier molecular flexibility index (Phi) is 6.84. The first kappa shape index (κ1) is 21.5. The third kappa shape index (κ3) is 5.04. The molecule has 2 aromatic heterocycles. The Hall–Kier alpha value is -3.19. The number of nitrogens with zero attached hydrogens (tertiary/aromatic N) is 2. The van der Waals surface area contributed by atoms with Gasteiger partial charge < -0.3 is 19.4 Å². The number of methoxy groups -OCH3 is 1. The zero-order valence-corrected chi connectivity index (χ0v) is 17.8. The third-order valence-corrected chi connectivity index (χ3v) is 4.74. The summed E-state index contributed by atoms with van der Waals surface area (Å²) in [6, 6.07) is 9.72. The van der Waals surface area contributed by atoms with Crippen LogP contribution in [-0.4, -0.2) is 48.7 Å². The van der Waals surface area contributed by atoms with Gasteiger partial charge in [-0.05, 0) is 43.2 Å². The standard InChI is InChI=1S/C23H27N3O4/c1-15(2)30-22(28)11-16-10-19-20(14-25-23(19)24-13-16)17-6-5-7-18(12-17)26(3)21(27)8-9-29-4/h5-7,10,12-15H,8-9,11H2,1-4H3,(H,24,25). The summed E-state index contributed by atoms with van der Waals surface area (Å²) >= 11 is 0. The average molecular weight is 409 g/mol. The number of hydrogen-bond donors (Lipinski definition) is 1. The van der Waals surface area contributed by atoms with Crippen LogP contribution < -0.4 is 4.90 Å². The quantitative estimate of drug-likeness (QED) is 0.573. The summed E-state index contributed by atoms with van der Waals surface area (Å²) in [5, 5.41) is 0.912. The number of aromatic nitrogens is 2. The molecule has 2 heterocycles. The van der Waals surface area contributed by atoms with E-state index in [1.807, 2.05) is 50.4 Å². The van der Waals surface area contributed by atoms with Gasteiger partial charge in [-0.3, -0.25) is 9.59 Å². The lowest BCUT2D eigenvalue weighted by Gasteiger charge is -2.18. The normalized spacial score (nSPS) is 11.1. The summed E-state index contributed by atoms with van der Waals surface area (Å²) in [5.74, 6) is -0.290. The number of amides is 1. The second-order valence-corrected chi connectivity index (χ2v) is 7.40. The zero-order valence-electron chi connectivity index (χ0n) is 17.8. The predicted octanol–water partition coefficient (Wildman–Crippen LogP) is 3.72. The summed E-state index contributed by atoms with van der Waals surface area (Å²) in [6.45, 7) is 4.04. The number of aromatic amines is 1. The van der Waals surface area contributed by atoms with Crippen LogP contribution in [0.5, 0.6) is 0 Å². The molecule has 1 amide bonds. The van der Waals surface area contributed by atoms with Crippen LogP contribution in [0, 0.1) is 0 Å². The van der Waals surface area contributed by atoms with E-state index < -0.39 is 0 Å². The highest BCUT2D eigenvalue weighted by molar-refractivity contribution is 5.97. The van der Waals surface area contributed by atoms with E-state index in [0.29, 0.717) is 13.0 Å². The topological polar surface area (TPSA) is 84.5 Å². The molecule has 3 rings (SSSR count). The fourth-order valence-corrected chi connectivity index (χ4v) is 3.24. The summed E-state index contributed by atoms with van der Waals surface area (Å²) in [7, 11) is 3.34. The van der Waals surface area contributed by atoms with Crippen molar-refractivity contribution < 1.29 is 19.1 Å². The zero-order chi connectivity index (χ0) is 21.7. The highest BCUT2D eigenvalue weighted by atomic mass is 16.5. The molecule has 0 aliphatic heterocycles. The van der Waals surface area contributed by atoms with Crippen molar-refractivity contribution in [3.8, 4) is 11.1 Å². The number of pyridine rings is 1. The molecular formula is C23H27N3O4. The van der Waals surface area contributed by atoms with Gasteiger partial charge in [0.1, 0.15) is 5.65 Å². The van der Waals surface area contributed by atoms with Gasteiger partial charge in [-0.2, -0.15) is 0 Å². The van der Waals surface area contributed by atoms with Crippen molar-refractivity contribution in [2.24, 2.45) is 0 Å². The largest absolute Gasteiger partial charge is 0.463 e. The fourth-order valence-electron chi connectivity index (χ4n) is 3.24. The number of rotatable bonds is 8. The Morgan fingerprint density at radius 3 is 2.77 bits per heavy atom. The van der Waals surface area contributed by atoms with Crippen LogP contribution in [0.25, 0.3) is 22.2 Å². The van der Waals surface area contributed by atoms with Crippen LogP contribution in [0.1, 0.15) is 25.8 Å². The highest BCUT2D eigenvalue weighted by Crippen LogP contribution is 2.31. The first-order valence-electron chi connectivity index (χ1n) is 9.90. The predicted molar refractivity (Wildman–Crippen MR) is 116 cm³/mol. The van der Waals surface area contributed by atoms with Crippen LogP contribution in [0.4, 0.5) is 5.69 Å². The van der Waals surface area contributed by atoms with Gasteiger partial charge in [-0.25, -0.2) is 4.98 Å². The molecule has 0 aliphatic carbocycles. The lowest BCUT2D eigenvalue weighted by atomic mass is 10.0. The number of fused-ring (bicyclic) bond motifs is 1. The van der Waals surface area contributed by atoms with E-state index in [1.54, 1.807) is 25.3 Å². The maximum absolute atomic E-state index is 12.3. The molecule has 1 aromatic carbocycles. The molecule has 0 saturated heterocycles. The van der Waals surface area contributed by atoms with E-state index in [1.165, 1.54) is 0 Å². The summed E-state index contributed by atoms with van der Waals surface area (Å²) in [4.78, 5) is 33.6. The minimum atomic E-state index is -0.276. The van der Waals surface area contributed by atoms with Gasteiger partial charge >= 0.3 is 5.97 Å². The Balaban J connectivity index is 1.88. The molecular weight excluding hydrogens is 382 g/mol. The van der Waals surface area contributed by atoms with Crippen molar-refractivity contribution in [2.45, 2.75) is 32.8 Å². The molecule has 0 bridgehead atoms. The van der Waals surface area contributed by atoms with Gasteiger partial charge in [0.15, 0.2) is 0 Å². The molecule has 158 valence electrons. The molecule has 3 aromatic rings. The smallest absolute Gasteiger partial charge is 0.310 e. The van der Waals surface area contributed by atoms with Gasteiger partial charge in [0, 0.05) is 43.2 Å². The number of anilines is 1. The van der Waals surface area contributed by atoms with Crippen molar-refractivity contribution in [1.29, 1.82) is 0 Å². The first-order chi connectivity index (χ1) is 14.4. The molecule has 0 spiro atoms. The minimum Gasteiger partial charge on any atom is -0.463 e. The molecule has 0 aliphatic rings. The average Bonchev–Trinajstić information content (AvgIpc) is 3.14. The van der Waals surface area contributed by atoms with E-state index in [-0.39, 0.29) is 24.4 Å². The van der Waals surface area contributed by atoms with Gasteiger partial charge in [-0.1, -0.05) is 12.1 Å². The van der Waals surface area contributed by atoms with Gasteiger partial charge in [0.25, 0.3) is 0 Å². The molecule has 1 N–H and O–H groups in total. The molecule has 7 nitrogen and oxygen atoms in total. The van der Waals surface area contributed by atoms with E-state index >= 15 is 0 Å². The van der Waals surface area contributed by atoms with E-state index in [0.717, 1.165) is 33.4 Å². The van der Waals surface area contributed by atoms with Crippen molar-refractivity contribution in [3.05, 3.63) is 48.3 Å². The number of hydrogen-bond acceptors (Lipinski definition) is 5. The third-order valence-electron chi connectivity index (χ3n) is 4.74. The molecule has 0 unspecified atom stereocenters. The van der Waals surface area contributed by atoms with Gasteiger partial charge in [0.05, 0.1) is 25.6 Å². The van der Waals surface area contributed by atoms with Crippen molar-refractivity contribution in [3.63, 3.8) is 0 Å². The lowest BCUT2D eigenvalue weighted by Crippen LogP contribution is -2.26. The molecule has 0 fully saturated rings. The van der Waals surface area contributed by atoms with Crippen LogP contribution in [0.15, 0.2) is 42.7 Å². The van der Waals surface area contributed by atoms with Crippen LogP contribution in [0.3, 0.4) is 0 Å². The van der Waals surface area contributed by atoms with E-state index in [4.69, 9.17) is 9.47 Å². The Morgan fingerprint density at radius 1 is 1.23 bits per heavy atom. The molecule has 0 saturated carbocycles. The summed E-state index contributed by atoms with van der Waals surface area (Å²) in [6.07, 6.45) is 3.91. The summed E-state index contributed by atoms with van der Waals surface area (Å²) in [5.41, 5.74) is 4.23. The Morgan fingerprint density at radius 2 is 2.03 bits per heavy atom. The maximum Gasteiger partial charge on any atom is 0.310 e. The van der Waals surface area contributed by atoms with Gasteiger partial charge in [0.2, 0.25) is 5.91 Å². The molecule has 7 heteroatoms. The molecule has 0 atom stereocenters. The number of nitrogens with one attached hydrogen (secondary N) is 1. The van der Waals surface area contributed by atoms with Crippen LogP contribution >= 0.6 is 0 Å². The highest BCUT2D eigenvalue weighted by Gasteiger charge is 2.14. The van der Waals surface area contributed by atoms with E-state index in [2.05, 4.69) is 9.97 Å². The van der Waals surface area contributed by atoms with Crippen molar-refractivity contribution in [2.75, 3.05) is 25.7 Å².